The second kappa shape index (κ2) is 4.99. The SMILES string of the molecule is COc1ccc2[nH]c(=S)n(-c3c(F)cccc3Br)c2n1. The predicted molar refractivity (Wildman–Crippen MR) is 80.5 cm³/mol. The molecule has 0 bridgehead atoms. The van der Waals surface area contributed by atoms with Gasteiger partial charge in [0.25, 0.3) is 0 Å². The van der Waals surface area contributed by atoms with Crippen LogP contribution < -0.4 is 4.74 Å². The molecule has 1 N–H and O–H groups in total. The van der Waals surface area contributed by atoms with Crippen molar-refractivity contribution in [2.24, 2.45) is 0 Å². The van der Waals surface area contributed by atoms with Crippen LogP contribution in [-0.4, -0.2) is 21.6 Å². The molecule has 0 saturated carbocycles. The number of para-hydroxylation sites is 1. The van der Waals surface area contributed by atoms with E-state index in [0.29, 0.717) is 32.0 Å². The van der Waals surface area contributed by atoms with Gasteiger partial charge in [-0.05, 0) is 46.3 Å². The molecule has 2 heterocycles. The lowest BCUT2D eigenvalue weighted by Gasteiger charge is -2.08. The highest BCUT2D eigenvalue weighted by atomic mass is 79.9. The van der Waals surface area contributed by atoms with Crippen LogP contribution in [0.1, 0.15) is 0 Å². The van der Waals surface area contributed by atoms with Crippen LogP contribution in [-0.2, 0) is 0 Å². The number of benzene rings is 1. The molecular weight excluding hydrogens is 345 g/mol. The lowest BCUT2D eigenvalue weighted by atomic mass is 10.3. The highest BCUT2D eigenvalue weighted by molar-refractivity contribution is 9.10. The number of aromatic nitrogens is 3. The Morgan fingerprint density at radius 2 is 2.15 bits per heavy atom. The summed E-state index contributed by atoms with van der Waals surface area (Å²) < 4.78 is 21.8. The van der Waals surface area contributed by atoms with Crippen molar-refractivity contribution < 1.29 is 9.13 Å². The van der Waals surface area contributed by atoms with Crippen molar-refractivity contribution in [3.05, 3.63) is 45.4 Å². The average molecular weight is 354 g/mol. The van der Waals surface area contributed by atoms with Gasteiger partial charge >= 0.3 is 0 Å². The summed E-state index contributed by atoms with van der Waals surface area (Å²) in [6.45, 7) is 0. The number of H-pyrrole nitrogens is 1. The van der Waals surface area contributed by atoms with Crippen LogP contribution in [0.15, 0.2) is 34.8 Å². The van der Waals surface area contributed by atoms with Crippen molar-refractivity contribution in [2.45, 2.75) is 0 Å². The van der Waals surface area contributed by atoms with Crippen molar-refractivity contribution in [2.75, 3.05) is 7.11 Å². The van der Waals surface area contributed by atoms with E-state index in [-0.39, 0.29) is 5.82 Å². The number of nitrogens with zero attached hydrogens (tertiary/aromatic N) is 2. The van der Waals surface area contributed by atoms with Gasteiger partial charge in [0.2, 0.25) is 5.88 Å². The summed E-state index contributed by atoms with van der Waals surface area (Å²) in [5.41, 5.74) is 1.55. The summed E-state index contributed by atoms with van der Waals surface area (Å²) in [7, 11) is 1.53. The summed E-state index contributed by atoms with van der Waals surface area (Å²) in [6, 6.07) is 8.26. The molecule has 3 aromatic rings. The third-order valence-corrected chi connectivity index (χ3v) is 3.80. The van der Waals surface area contributed by atoms with Gasteiger partial charge in [-0.1, -0.05) is 6.07 Å². The molecule has 0 atom stereocenters. The molecule has 0 amide bonds. The first-order valence-electron chi connectivity index (χ1n) is 5.72. The van der Waals surface area contributed by atoms with E-state index in [1.165, 1.54) is 13.2 Å². The molecule has 0 fully saturated rings. The first-order valence-corrected chi connectivity index (χ1v) is 6.92. The molecule has 0 spiro atoms. The number of rotatable bonds is 2. The number of imidazole rings is 1. The summed E-state index contributed by atoms with van der Waals surface area (Å²) in [5, 5.41) is 0. The predicted octanol–water partition coefficient (Wildman–Crippen LogP) is 3.99. The molecule has 0 unspecified atom stereocenters. The topological polar surface area (TPSA) is 42.8 Å². The van der Waals surface area contributed by atoms with Crippen molar-refractivity contribution in [3.63, 3.8) is 0 Å². The van der Waals surface area contributed by atoms with Crippen molar-refractivity contribution in [1.82, 2.24) is 14.5 Å². The van der Waals surface area contributed by atoms with Gasteiger partial charge < -0.3 is 9.72 Å². The third kappa shape index (κ3) is 2.03. The second-order valence-corrected chi connectivity index (χ2v) is 5.30. The van der Waals surface area contributed by atoms with Gasteiger partial charge in [-0.2, -0.15) is 4.98 Å². The number of fused-ring (bicyclic) bond motifs is 1. The average Bonchev–Trinajstić information content (AvgIpc) is 2.74. The highest BCUT2D eigenvalue weighted by Gasteiger charge is 2.15. The summed E-state index contributed by atoms with van der Waals surface area (Å²) in [6.07, 6.45) is 0. The van der Waals surface area contributed by atoms with Crippen LogP contribution in [0.5, 0.6) is 5.88 Å². The van der Waals surface area contributed by atoms with E-state index in [9.17, 15) is 4.39 Å². The van der Waals surface area contributed by atoms with Crippen LogP contribution in [0, 0.1) is 10.6 Å². The van der Waals surface area contributed by atoms with E-state index < -0.39 is 0 Å². The van der Waals surface area contributed by atoms with Crippen LogP contribution in [0.25, 0.3) is 16.9 Å². The smallest absolute Gasteiger partial charge is 0.215 e. The normalized spacial score (nSPS) is 10.9. The fraction of sp³-hybridized carbons (Fsp3) is 0.0769. The third-order valence-electron chi connectivity index (χ3n) is 2.88. The molecule has 2 aromatic heterocycles. The fourth-order valence-corrected chi connectivity index (χ4v) is 2.80. The lowest BCUT2D eigenvalue weighted by molar-refractivity contribution is 0.399. The Morgan fingerprint density at radius 3 is 2.85 bits per heavy atom. The number of methoxy groups -OCH3 is 1. The number of hydrogen-bond acceptors (Lipinski definition) is 3. The van der Waals surface area contributed by atoms with Crippen molar-refractivity contribution in [3.8, 4) is 11.6 Å². The van der Waals surface area contributed by atoms with E-state index in [1.54, 1.807) is 28.8 Å². The van der Waals surface area contributed by atoms with E-state index in [1.807, 2.05) is 0 Å². The number of aromatic amines is 1. The van der Waals surface area contributed by atoms with Gasteiger partial charge in [0.15, 0.2) is 10.4 Å². The zero-order chi connectivity index (χ0) is 14.3. The maximum atomic E-state index is 14.1. The minimum atomic E-state index is -0.388. The Kier molecular flexibility index (Phi) is 3.31. The van der Waals surface area contributed by atoms with Crippen LogP contribution >= 0.6 is 28.1 Å². The fourth-order valence-electron chi connectivity index (χ4n) is 1.99. The quantitative estimate of drug-likeness (QED) is 0.708. The van der Waals surface area contributed by atoms with E-state index in [2.05, 4.69) is 25.9 Å². The first kappa shape index (κ1) is 13.3. The maximum absolute atomic E-state index is 14.1. The largest absolute Gasteiger partial charge is 0.481 e. The zero-order valence-electron chi connectivity index (χ0n) is 10.4. The second-order valence-electron chi connectivity index (χ2n) is 4.06. The van der Waals surface area contributed by atoms with E-state index in [4.69, 9.17) is 17.0 Å². The van der Waals surface area contributed by atoms with Gasteiger partial charge in [0.1, 0.15) is 5.82 Å². The molecule has 0 aliphatic heterocycles. The van der Waals surface area contributed by atoms with Gasteiger partial charge in [0, 0.05) is 10.5 Å². The van der Waals surface area contributed by atoms with Gasteiger partial charge in [-0.15, -0.1) is 0 Å². The minimum Gasteiger partial charge on any atom is -0.481 e. The molecule has 0 aliphatic carbocycles. The standard InChI is InChI=1S/C13H9BrFN3OS/c1-19-10-6-5-9-12(17-10)18(13(20)16-9)11-7(14)3-2-4-8(11)15/h2-6H,1H3,(H,16,20). The minimum absolute atomic E-state index is 0.324. The monoisotopic (exact) mass is 353 g/mol. The number of hydrogen-bond donors (Lipinski definition) is 1. The summed E-state index contributed by atoms with van der Waals surface area (Å²) in [4.78, 5) is 7.33. The Hall–Kier alpha value is -1.73. The molecule has 3 rings (SSSR count). The molecule has 7 heteroatoms. The highest BCUT2D eigenvalue weighted by Crippen LogP contribution is 2.28. The number of pyridine rings is 1. The molecule has 0 aliphatic rings. The number of nitrogens with one attached hydrogen (secondary N) is 1. The summed E-state index contributed by atoms with van der Waals surface area (Å²) >= 11 is 8.62. The van der Waals surface area contributed by atoms with Crippen LogP contribution in [0.3, 0.4) is 0 Å². The Morgan fingerprint density at radius 1 is 1.35 bits per heavy atom. The van der Waals surface area contributed by atoms with E-state index in [0.717, 1.165) is 0 Å². The number of ether oxygens (including phenoxy) is 1. The molecule has 20 heavy (non-hydrogen) atoms. The van der Waals surface area contributed by atoms with Gasteiger partial charge in [-0.25, -0.2) is 4.39 Å². The van der Waals surface area contributed by atoms with Gasteiger partial charge in [0.05, 0.1) is 18.3 Å². The Bertz CT molecular complexity index is 838. The molecule has 0 saturated heterocycles. The molecule has 1 aromatic carbocycles. The molecule has 102 valence electrons. The number of halogens is 2. The van der Waals surface area contributed by atoms with Gasteiger partial charge in [-0.3, -0.25) is 4.57 Å². The Labute approximate surface area is 127 Å². The molecule has 0 radical (unpaired) electrons. The first-order chi connectivity index (χ1) is 9.61. The maximum Gasteiger partial charge on any atom is 0.215 e. The molecule has 4 nitrogen and oxygen atoms in total. The van der Waals surface area contributed by atoms with Crippen LogP contribution in [0.2, 0.25) is 0 Å². The Balaban J connectivity index is 2.41. The summed E-state index contributed by atoms with van der Waals surface area (Å²) in [5.74, 6) is 0.0497. The van der Waals surface area contributed by atoms with Crippen molar-refractivity contribution >= 4 is 39.3 Å². The lowest BCUT2D eigenvalue weighted by Crippen LogP contribution is -2.01. The van der Waals surface area contributed by atoms with Crippen molar-refractivity contribution in [1.29, 1.82) is 0 Å². The molecular formula is C13H9BrFN3OS. The zero-order valence-corrected chi connectivity index (χ0v) is 12.8. The van der Waals surface area contributed by atoms with Crippen LogP contribution in [0.4, 0.5) is 4.39 Å². The van der Waals surface area contributed by atoms with E-state index >= 15 is 0 Å².